The maximum Gasteiger partial charge on any atom is 0.321 e. The van der Waals surface area contributed by atoms with Crippen LogP contribution in [0.2, 0.25) is 0 Å². The highest BCUT2D eigenvalue weighted by molar-refractivity contribution is 7.19. The molecule has 0 radical (unpaired) electrons. The summed E-state index contributed by atoms with van der Waals surface area (Å²) in [7, 11) is 1.78. The van der Waals surface area contributed by atoms with Crippen LogP contribution in [0.3, 0.4) is 0 Å². The van der Waals surface area contributed by atoms with Crippen LogP contribution in [0.4, 0.5) is 10.7 Å². The molecule has 0 aliphatic rings. The van der Waals surface area contributed by atoms with Gasteiger partial charge < -0.3 is 5.32 Å². The van der Waals surface area contributed by atoms with Crippen LogP contribution < -0.4 is 10.6 Å². The summed E-state index contributed by atoms with van der Waals surface area (Å²) < 4.78 is 2.83. The van der Waals surface area contributed by atoms with Crippen molar-refractivity contribution in [3.63, 3.8) is 0 Å². The number of nitrogens with zero attached hydrogens (tertiary/aromatic N) is 3. The Morgan fingerprint density at radius 3 is 2.90 bits per heavy atom. The minimum Gasteiger partial charge on any atom is -0.333 e. The first-order chi connectivity index (χ1) is 10.1. The Hall–Kier alpha value is -2.41. The average Bonchev–Trinajstić information content (AvgIpc) is 3.00. The molecule has 0 spiro atoms. The van der Waals surface area contributed by atoms with Crippen LogP contribution in [-0.4, -0.2) is 20.8 Å². The van der Waals surface area contributed by atoms with Crippen molar-refractivity contribution in [2.24, 2.45) is 7.05 Å². The maximum absolute atomic E-state index is 11.8. The summed E-state index contributed by atoms with van der Waals surface area (Å²) in [6, 6.07) is 9.94. The molecule has 6 nitrogen and oxygen atoms in total. The van der Waals surface area contributed by atoms with Crippen molar-refractivity contribution in [1.82, 2.24) is 20.1 Å². The zero-order valence-corrected chi connectivity index (χ0v) is 12.6. The van der Waals surface area contributed by atoms with E-state index in [-0.39, 0.29) is 6.03 Å². The predicted octanol–water partition coefficient (Wildman–Crippen LogP) is 2.66. The molecule has 2 N–H and O–H groups in total. The van der Waals surface area contributed by atoms with E-state index >= 15 is 0 Å². The van der Waals surface area contributed by atoms with E-state index in [0.717, 1.165) is 10.7 Å². The average molecular weight is 301 g/mol. The van der Waals surface area contributed by atoms with E-state index in [2.05, 4.69) is 38.9 Å². The van der Waals surface area contributed by atoms with Gasteiger partial charge in [-0.15, -0.1) is 16.4 Å². The van der Waals surface area contributed by atoms with Crippen LogP contribution in [0, 0.1) is 6.92 Å². The molecule has 2 amide bonds. The summed E-state index contributed by atoms with van der Waals surface area (Å²) in [6.45, 7) is 2.31. The van der Waals surface area contributed by atoms with Gasteiger partial charge in [-0.05, 0) is 24.4 Å². The largest absolute Gasteiger partial charge is 0.333 e. The Morgan fingerprint density at radius 2 is 2.19 bits per heavy atom. The van der Waals surface area contributed by atoms with Gasteiger partial charge in [0.1, 0.15) is 5.82 Å². The van der Waals surface area contributed by atoms with Crippen LogP contribution in [-0.2, 0) is 13.6 Å². The molecule has 21 heavy (non-hydrogen) atoms. The fraction of sp³-hybridized carbons (Fsp3) is 0.214. The van der Waals surface area contributed by atoms with Gasteiger partial charge in [0.05, 0.1) is 6.54 Å². The number of carbonyl (C=O) groups excluding carboxylic acids is 1. The predicted molar refractivity (Wildman–Crippen MR) is 83.4 cm³/mol. The summed E-state index contributed by atoms with van der Waals surface area (Å²) >= 11 is 1.67. The molecule has 3 aromatic rings. The highest BCUT2D eigenvalue weighted by Crippen LogP contribution is 2.24. The lowest BCUT2D eigenvalue weighted by atomic mass is 10.2. The summed E-state index contributed by atoms with van der Waals surface area (Å²) in [5.41, 5.74) is 0. The van der Waals surface area contributed by atoms with Crippen molar-refractivity contribution >= 4 is 33.4 Å². The number of thiophene rings is 1. The van der Waals surface area contributed by atoms with Crippen LogP contribution in [0.25, 0.3) is 10.1 Å². The lowest BCUT2D eigenvalue weighted by molar-refractivity contribution is 0.251. The molecule has 0 saturated heterocycles. The minimum atomic E-state index is -0.307. The van der Waals surface area contributed by atoms with Crippen molar-refractivity contribution in [2.75, 3.05) is 5.32 Å². The molecule has 108 valence electrons. The van der Waals surface area contributed by atoms with Gasteiger partial charge in [-0.1, -0.05) is 18.2 Å². The minimum absolute atomic E-state index is 0.307. The topological polar surface area (TPSA) is 71.8 Å². The number of urea groups is 1. The Morgan fingerprint density at radius 1 is 1.38 bits per heavy atom. The molecule has 1 aromatic carbocycles. The molecule has 0 unspecified atom stereocenters. The number of hydrogen-bond acceptors (Lipinski definition) is 4. The van der Waals surface area contributed by atoms with E-state index in [1.165, 1.54) is 10.1 Å². The van der Waals surface area contributed by atoms with E-state index in [1.807, 2.05) is 19.1 Å². The Labute approximate surface area is 125 Å². The smallest absolute Gasteiger partial charge is 0.321 e. The fourth-order valence-electron chi connectivity index (χ4n) is 1.95. The molecule has 0 aliphatic carbocycles. The third-order valence-corrected chi connectivity index (χ3v) is 4.22. The van der Waals surface area contributed by atoms with E-state index in [1.54, 1.807) is 23.1 Å². The Balaban J connectivity index is 1.60. The van der Waals surface area contributed by atoms with Crippen LogP contribution in [0.5, 0.6) is 0 Å². The summed E-state index contributed by atoms with van der Waals surface area (Å²) in [4.78, 5) is 17.0. The van der Waals surface area contributed by atoms with E-state index in [9.17, 15) is 4.79 Å². The van der Waals surface area contributed by atoms with Crippen molar-refractivity contribution in [3.8, 4) is 0 Å². The van der Waals surface area contributed by atoms with Gasteiger partial charge in [-0.3, -0.25) is 10.00 Å². The van der Waals surface area contributed by atoms with Gasteiger partial charge >= 0.3 is 6.03 Å². The number of rotatable bonds is 3. The molecule has 0 fully saturated rings. The fourth-order valence-corrected chi connectivity index (χ4v) is 2.96. The maximum atomic E-state index is 11.8. The quantitative estimate of drug-likeness (QED) is 0.781. The number of fused-ring (bicyclic) bond motifs is 1. The number of benzene rings is 1. The van der Waals surface area contributed by atoms with Crippen molar-refractivity contribution in [1.29, 1.82) is 0 Å². The number of aryl methyl sites for hydroxylation is 2. The monoisotopic (exact) mass is 301 g/mol. The normalized spacial score (nSPS) is 10.8. The highest BCUT2D eigenvalue weighted by Gasteiger charge is 2.08. The second-order valence-corrected chi connectivity index (χ2v) is 5.83. The zero-order valence-electron chi connectivity index (χ0n) is 11.8. The summed E-state index contributed by atoms with van der Waals surface area (Å²) in [5, 5.41) is 10.7. The van der Waals surface area contributed by atoms with Crippen molar-refractivity contribution in [3.05, 3.63) is 41.0 Å². The number of amides is 2. The Kier molecular flexibility index (Phi) is 3.57. The first-order valence-electron chi connectivity index (χ1n) is 6.52. The van der Waals surface area contributed by atoms with E-state index in [0.29, 0.717) is 12.5 Å². The molecule has 0 atom stereocenters. The second kappa shape index (κ2) is 5.53. The van der Waals surface area contributed by atoms with Gasteiger partial charge in [-0.2, -0.15) is 4.98 Å². The van der Waals surface area contributed by atoms with Crippen LogP contribution in [0.15, 0.2) is 30.3 Å². The number of carbonyl (C=O) groups is 1. The standard InChI is InChI=1S/C14H15N5OS/c1-9-16-13(18-19(9)2)17-14(20)15-8-11-7-10-5-3-4-6-12(10)21-11/h3-7H,8H2,1-2H3,(H2,15,17,18,20). The molecule has 3 rings (SSSR count). The highest BCUT2D eigenvalue weighted by atomic mass is 32.1. The molecular weight excluding hydrogens is 286 g/mol. The molecule has 0 saturated carbocycles. The molecule has 0 aliphatic heterocycles. The number of anilines is 1. The van der Waals surface area contributed by atoms with Gasteiger partial charge in [-0.25, -0.2) is 4.79 Å². The van der Waals surface area contributed by atoms with Gasteiger partial charge in [0.25, 0.3) is 0 Å². The molecule has 2 heterocycles. The van der Waals surface area contributed by atoms with Gasteiger partial charge in [0.2, 0.25) is 5.95 Å². The van der Waals surface area contributed by atoms with E-state index < -0.39 is 0 Å². The van der Waals surface area contributed by atoms with Crippen molar-refractivity contribution < 1.29 is 4.79 Å². The molecule has 7 heteroatoms. The molecular formula is C14H15N5OS. The first kappa shape index (κ1) is 13.6. The molecule has 2 aromatic heterocycles. The van der Waals surface area contributed by atoms with Crippen molar-refractivity contribution in [2.45, 2.75) is 13.5 Å². The van der Waals surface area contributed by atoms with Gasteiger partial charge in [0, 0.05) is 16.6 Å². The SMILES string of the molecule is Cc1nc(NC(=O)NCc2cc3ccccc3s2)nn1C. The Bertz CT molecular complexity index is 739. The number of aromatic nitrogens is 3. The third-order valence-electron chi connectivity index (χ3n) is 3.11. The second-order valence-electron chi connectivity index (χ2n) is 4.66. The first-order valence-corrected chi connectivity index (χ1v) is 7.33. The zero-order chi connectivity index (χ0) is 14.8. The number of nitrogens with one attached hydrogen (secondary N) is 2. The lowest BCUT2D eigenvalue weighted by Crippen LogP contribution is -2.28. The summed E-state index contributed by atoms with van der Waals surface area (Å²) in [6.07, 6.45) is 0. The number of hydrogen-bond donors (Lipinski definition) is 2. The summed E-state index contributed by atoms with van der Waals surface area (Å²) in [5.74, 6) is 1.05. The van der Waals surface area contributed by atoms with Crippen LogP contribution in [0.1, 0.15) is 10.7 Å². The van der Waals surface area contributed by atoms with Gasteiger partial charge in [0.15, 0.2) is 0 Å². The lowest BCUT2D eigenvalue weighted by Gasteiger charge is -2.02. The van der Waals surface area contributed by atoms with Crippen LogP contribution >= 0.6 is 11.3 Å². The third kappa shape index (κ3) is 3.03. The molecule has 0 bridgehead atoms. The van der Waals surface area contributed by atoms with E-state index in [4.69, 9.17) is 0 Å².